The van der Waals surface area contributed by atoms with Crippen molar-refractivity contribution in [3.8, 4) is 11.5 Å². The van der Waals surface area contributed by atoms with E-state index in [2.05, 4.69) is 41.8 Å². The molecule has 0 aliphatic carbocycles. The van der Waals surface area contributed by atoms with Gasteiger partial charge in [-0.15, -0.1) is 0 Å². The molecule has 6 nitrogen and oxygen atoms in total. The van der Waals surface area contributed by atoms with E-state index in [-0.39, 0.29) is 6.61 Å². The van der Waals surface area contributed by atoms with Crippen LogP contribution in [0.5, 0.6) is 11.5 Å². The lowest BCUT2D eigenvalue weighted by Crippen LogP contribution is -2.47. The van der Waals surface area contributed by atoms with Crippen molar-refractivity contribution in [3.05, 3.63) is 23.8 Å². The zero-order valence-electron chi connectivity index (χ0n) is 17.5. The average molecular weight is 380 g/mol. The number of piperazine rings is 1. The lowest BCUT2D eigenvalue weighted by atomic mass is 10.2. The molecule has 0 amide bonds. The zero-order chi connectivity index (χ0) is 19.6. The van der Waals surface area contributed by atoms with Gasteiger partial charge in [0.2, 0.25) is 0 Å². The van der Waals surface area contributed by atoms with Crippen LogP contribution in [0.3, 0.4) is 0 Å². The predicted molar refractivity (Wildman–Crippen MR) is 110 cm³/mol. The van der Waals surface area contributed by atoms with E-state index in [4.69, 9.17) is 9.47 Å². The molecule has 27 heavy (non-hydrogen) atoms. The van der Waals surface area contributed by atoms with Crippen molar-refractivity contribution in [1.82, 2.24) is 14.7 Å². The van der Waals surface area contributed by atoms with Gasteiger partial charge < -0.3 is 24.4 Å². The Balaban J connectivity index is 1.86. The summed E-state index contributed by atoms with van der Waals surface area (Å²) in [6.45, 7) is 9.19. The molecule has 1 atom stereocenters. The van der Waals surface area contributed by atoms with Gasteiger partial charge in [-0.3, -0.25) is 4.90 Å². The van der Waals surface area contributed by atoms with Crippen LogP contribution < -0.4 is 9.47 Å². The summed E-state index contributed by atoms with van der Waals surface area (Å²) >= 11 is 0. The van der Waals surface area contributed by atoms with Crippen molar-refractivity contribution < 1.29 is 14.6 Å². The Hall–Kier alpha value is -1.34. The highest BCUT2D eigenvalue weighted by Crippen LogP contribution is 2.28. The minimum atomic E-state index is -0.506. The molecular formula is C21H37N3O3. The van der Waals surface area contributed by atoms with Crippen LogP contribution in [0.15, 0.2) is 18.2 Å². The second-order valence-electron chi connectivity index (χ2n) is 7.65. The minimum absolute atomic E-state index is 0.276. The van der Waals surface area contributed by atoms with Gasteiger partial charge in [-0.25, -0.2) is 0 Å². The second-order valence-corrected chi connectivity index (χ2v) is 7.65. The Morgan fingerprint density at radius 1 is 1.19 bits per heavy atom. The van der Waals surface area contributed by atoms with E-state index in [1.807, 2.05) is 12.1 Å². The van der Waals surface area contributed by atoms with E-state index in [1.54, 1.807) is 7.11 Å². The fraction of sp³-hybridized carbons (Fsp3) is 0.714. The first-order valence-electron chi connectivity index (χ1n) is 10.1. The Morgan fingerprint density at radius 3 is 2.59 bits per heavy atom. The van der Waals surface area contributed by atoms with Gasteiger partial charge in [-0.05, 0) is 44.8 Å². The standard InChI is InChI=1S/C21H37N3O3/c1-5-6-9-23(3)15-18-7-8-20(26-4)21(14-18)27-17-19(25)16-24-12-10-22(2)11-13-24/h7-8,14,19,25H,5-6,9-13,15-17H2,1-4H3. The van der Waals surface area contributed by atoms with Crippen molar-refractivity contribution in [2.45, 2.75) is 32.4 Å². The third-order valence-corrected chi connectivity index (χ3v) is 5.07. The predicted octanol–water partition coefficient (Wildman–Crippen LogP) is 1.91. The molecule has 1 fully saturated rings. The van der Waals surface area contributed by atoms with Crippen LogP contribution in [-0.4, -0.2) is 93.0 Å². The van der Waals surface area contributed by atoms with E-state index in [0.717, 1.165) is 39.3 Å². The summed E-state index contributed by atoms with van der Waals surface area (Å²) in [4.78, 5) is 6.93. The number of aliphatic hydroxyl groups is 1. The molecule has 1 heterocycles. The number of rotatable bonds is 11. The van der Waals surface area contributed by atoms with Crippen LogP contribution in [-0.2, 0) is 6.54 Å². The fourth-order valence-corrected chi connectivity index (χ4v) is 3.32. The molecular weight excluding hydrogens is 342 g/mol. The number of likely N-dealkylation sites (N-methyl/N-ethyl adjacent to an activating group) is 1. The van der Waals surface area contributed by atoms with Crippen LogP contribution >= 0.6 is 0 Å². The normalized spacial score (nSPS) is 17.3. The van der Waals surface area contributed by atoms with Gasteiger partial charge in [0.25, 0.3) is 0 Å². The number of aliphatic hydroxyl groups excluding tert-OH is 1. The molecule has 6 heteroatoms. The van der Waals surface area contributed by atoms with Gasteiger partial charge >= 0.3 is 0 Å². The molecule has 154 valence electrons. The lowest BCUT2D eigenvalue weighted by molar-refractivity contribution is 0.0497. The highest BCUT2D eigenvalue weighted by atomic mass is 16.5. The van der Waals surface area contributed by atoms with E-state index < -0.39 is 6.10 Å². The number of hydrogen-bond acceptors (Lipinski definition) is 6. The molecule has 1 aromatic carbocycles. The van der Waals surface area contributed by atoms with E-state index in [1.165, 1.54) is 18.4 Å². The summed E-state index contributed by atoms with van der Waals surface area (Å²) in [5.41, 5.74) is 1.19. The second kappa shape index (κ2) is 11.5. The summed E-state index contributed by atoms with van der Waals surface area (Å²) in [5, 5.41) is 10.4. The first-order chi connectivity index (χ1) is 13.0. The third-order valence-electron chi connectivity index (χ3n) is 5.07. The zero-order valence-corrected chi connectivity index (χ0v) is 17.5. The highest BCUT2D eigenvalue weighted by Gasteiger charge is 2.18. The molecule has 1 unspecified atom stereocenters. The van der Waals surface area contributed by atoms with E-state index in [9.17, 15) is 5.11 Å². The minimum Gasteiger partial charge on any atom is -0.493 e. The molecule has 2 rings (SSSR count). The van der Waals surface area contributed by atoms with Gasteiger partial charge in [0, 0.05) is 39.3 Å². The molecule has 0 spiro atoms. The van der Waals surface area contributed by atoms with Crippen molar-refractivity contribution in [2.75, 3.05) is 67.1 Å². The summed E-state index contributed by atoms with van der Waals surface area (Å²) in [5.74, 6) is 1.41. The SMILES string of the molecule is CCCCN(C)Cc1ccc(OC)c(OCC(O)CN2CCN(C)CC2)c1. The third kappa shape index (κ3) is 7.66. The highest BCUT2D eigenvalue weighted by molar-refractivity contribution is 5.43. The quantitative estimate of drug-likeness (QED) is 0.634. The molecule has 1 aliphatic rings. The maximum Gasteiger partial charge on any atom is 0.161 e. The van der Waals surface area contributed by atoms with Crippen molar-refractivity contribution >= 4 is 0 Å². The number of hydrogen-bond donors (Lipinski definition) is 1. The summed E-state index contributed by atoms with van der Waals surface area (Å²) in [6, 6.07) is 6.06. The number of benzene rings is 1. The average Bonchev–Trinajstić information content (AvgIpc) is 2.66. The summed E-state index contributed by atoms with van der Waals surface area (Å²) < 4.78 is 11.4. The molecule has 0 aromatic heterocycles. The maximum atomic E-state index is 10.4. The van der Waals surface area contributed by atoms with Crippen LogP contribution in [0.2, 0.25) is 0 Å². The van der Waals surface area contributed by atoms with E-state index >= 15 is 0 Å². The van der Waals surface area contributed by atoms with E-state index in [0.29, 0.717) is 18.0 Å². The summed E-state index contributed by atoms with van der Waals surface area (Å²) in [6.07, 6.45) is 1.90. The Bertz CT molecular complexity index is 547. The number of β-amino-alcohol motifs (C(OH)–C–C–N with tert-alkyl or cyclic N) is 1. The fourth-order valence-electron chi connectivity index (χ4n) is 3.32. The van der Waals surface area contributed by atoms with Crippen LogP contribution in [0.4, 0.5) is 0 Å². The van der Waals surface area contributed by atoms with Gasteiger partial charge in [-0.1, -0.05) is 19.4 Å². The molecule has 1 aromatic rings. The van der Waals surface area contributed by atoms with Crippen molar-refractivity contribution in [2.24, 2.45) is 0 Å². The molecule has 0 bridgehead atoms. The molecule has 0 saturated carbocycles. The summed E-state index contributed by atoms with van der Waals surface area (Å²) in [7, 11) is 5.92. The van der Waals surface area contributed by atoms with Crippen molar-refractivity contribution in [3.63, 3.8) is 0 Å². The van der Waals surface area contributed by atoms with Gasteiger partial charge in [0.1, 0.15) is 12.7 Å². The van der Waals surface area contributed by atoms with Gasteiger partial charge in [0.15, 0.2) is 11.5 Å². The first kappa shape index (κ1) is 22.0. The van der Waals surface area contributed by atoms with Crippen LogP contribution in [0, 0.1) is 0 Å². The van der Waals surface area contributed by atoms with Gasteiger partial charge in [0.05, 0.1) is 7.11 Å². The number of unbranched alkanes of at least 4 members (excludes halogenated alkanes) is 1. The largest absolute Gasteiger partial charge is 0.493 e. The van der Waals surface area contributed by atoms with Crippen LogP contribution in [0.1, 0.15) is 25.3 Å². The number of methoxy groups -OCH3 is 1. The molecule has 0 radical (unpaired) electrons. The monoisotopic (exact) mass is 379 g/mol. The first-order valence-corrected chi connectivity index (χ1v) is 10.1. The van der Waals surface area contributed by atoms with Gasteiger partial charge in [-0.2, -0.15) is 0 Å². The topological polar surface area (TPSA) is 48.4 Å². The number of ether oxygens (including phenoxy) is 2. The lowest BCUT2D eigenvalue weighted by Gasteiger charge is -2.33. The Morgan fingerprint density at radius 2 is 1.93 bits per heavy atom. The Kier molecular flexibility index (Phi) is 9.34. The maximum absolute atomic E-state index is 10.4. The molecule has 1 N–H and O–H groups in total. The Labute approximate surface area is 164 Å². The van der Waals surface area contributed by atoms with Crippen molar-refractivity contribution in [1.29, 1.82) is 0 Å². The molecule has 1 aliphatic heterocycles. The van der Waals surface area contributed by atoms with Crippen LogP contribution in [0.25, 0.3) is 0 Å². The number of nitrogens with zero attached hydrogens (tertiary/aromatic N) is 3. The molecule has 1 saturated heterocycles. The smallest absolute Gasteiger partial charge is 0.161 e.